The van der Waals surface area contributed by atoms with E-state index in [0.717, 1.165) is 16.3 Å². The minimum Gasteiger partial charge on any atom is -0.359 e. The highest BCUT2D eigenvalue weighted by atomic mass is 32.1. The second-order valence-electron chi connectivity index (χ2n) is 3.54. The highest BCUT2D eigenvalue weighted by molar-refractivity contribution is 7.09. The van der Waals surface area contributed by atoms with Gasteiger partial charge in [-0.15, -0.1) is 11.3 Å². The summed E-state index contributed by atoms with van der Waals surface area (Å²) in [6, 6.07) is 3.86. The Kier molecular flexibility index (Phi) is 3.82. The molecular formula is C12H13N3OS. The summed E-state index contributed by atoms with van der Waals surface area (Å²) in [5.41, 5.74) is 2.01. The van der Waals surface area contributed by atoms with Crippen molar-refractivity contribution in [2.45, 2.75) is 12.8 Å². The SMILES string of the molecule is CNC(=O)CCc1nc(-c2ccncc2)cs1. The minimum absolute atomic E-state index is 0.0469. The first-order valence-electron chi connectivity index (χ1n) is 5.35. The fraction of sp³-hybridized carbons (Fsp3) is 0.250. The predicted molar refractivity (Wildman–Crippen MR) is 67.7 cm³/mol. The number of carbonyl (C=O) groups is 1. The van der Waals surface area contributed by atoms with Crippen LogP contribution >= 0.6 is 11.3 Å². The molecule has 2 rings (SSSR count). The van der Waals surface area contributed by atoms with E-state index in [1.165, 1.54) is 0 Å². The molecular weight excluding hydrogens is 234 g/mol. The summed E-state index contributed by atoms with van der Waals surface area (Å²) in [5, 5.41) is 5.60. The fourth-order valence-corrected chi connectivity index (χ4v) is 2.23. The van der Waals surface area contributed by atoms with Gasteiger partial charge in [0, 0.05) is 43.2 Å². The first kappa shape index (κ1) is 11.7. The van der Waals surface area contributed by atoms with E-state index in [4.69, 9.17) is 0 Å². The second kappa shape index (κ2) is 5.54. The average Bonchev–Trinajstić information content (AvgIpc) is 2.86. The van der Waals surface area contributed by atoms with Gasteiger partial charge >= 0.3 is 0 Å². The van der Waals surface area contributed by atoms with Crippen molar-refractivity contribution in [1.82, 2.24) is 15.3 Å². The van der Waals surface area contributed by atoms with Crippen molar-refractivity contribution in [3.05, 3.63) is 34.9 Å². The van der Waals surface area contributed by atoms with Gasteiger partial charge in [-0.2, -0.15) is 0 Å². The Hall–Kier alpha value is -1.75. The summed E-state index contributed by atoms with van der Waals surface area (Å²) in [7, 11) is 1.65. The number of carbonyl (C=O) groups excluding carboxylic acids is 1. The normalized spacial score (nSPS) is 10.2. The number of pyridine rings is 1. The zero-order chi connectivity index (χ0) is 12.1. The summed E-state index contributed by atoms with van der Waals surface area (Å²) in [4.78, 5) is 19.6. The zero-order valence-electron chi connectivity index (χ0n) is 9.51. The maximum atomic E-state index is 11.1. The van der Waals surface area contributed by atoms with Crippen LogP contribution in [0.15, 0.2) is 29.9 Å². The molecule has 0 aliphatic heterocycles. The van der Waals surface area contributed by atoms with Crippen molar-refractivity contribution in [3.8, 4) is 11.3 Å². The van der Waals surface area contributed by atoms with E-state index < -0.39 is 0 Å². The lowest BCUT2D eigenvalue weighted by Crippen LogP contribution is -2.17. The lowest BCUT2D eigenvalue weighted by atomic mass is 10.2. The number of hydrogen-bond acceptors (Lipinski definition) is 4. The molecule has 0 fully saturated rings. The molecule has 0 aliphatic carbocycles. The molecule has 5 heteroatoms. The topological polar surface area (TPSA) is 54.9 Å². The average molecular weight is 247 g/mol. The summed E-state index contributed by atoms with van der Waals surface area (Å²) >= 11 is 1.59. The first-order valence-corrected chi connectivity index (χ1v) is 6.23. The molecule has 0 unspecified atom stereocenters. The highest BCUT2D eigenvalue weighted by Crippen LogP contribution is 2.21. The van der Waals surface area contributed by atoms with E-state index in [0.29, 0.717) is 12.8 Å². The van der Waals surface area contributed by atoms with Crippen LogP contribution in [0.25, 0.3) is 11.3 Å². The van der Waals surface area contributed by atoms with Crippen LogP contribution in [0, 0.1) is 0 Å². The molecule has 0 radical (unpaired) electrons. The lowest BCUT2D eigenvalue weighted by Gasteiger charge is -1.96. The highest BCUT2D eigenvalue weighted by Gasteiger charge is 2.06. The first-order chi connectivity index (χ1) is 8.29. The van der Waals surface area contributed by atoms with Crippen molar-refractivity contribution in [1.29, 1.82) is 0 Å². The van der Waals surface area contributed by atoms with E-state index in [2.05, 4.69) is 15.3 Å². The van der Waals surface area contributed by atoms with Gasteiger partial charge in [-0.25, -0.2) is 4.98 Å². The monoisotopic (exact) mass is 247 g/mol. The second-order valence-corrected chi connectivity index (χ2v) is 4.48. The molecule has 2 aromatic rings. The Morgan fingerprint density at radius 3 is 2.88 bits per heavy atom. The van der Waals surface area contributed by atoms with Crippen molar-refractivity contribution in [2.75, 3.05) is 7.05 Å². The summed E-state index contributed by atoms with van der Waals surface area (Å²) in [5.74, 6) is 0.0469. The van der Waals surface area contributed by atoms with Gasteiger partial charge in [0.1, 0.15) is 0 Å². The Morgan fingerprint density at radius 1 is 1.41 bits per heavy atom. The number of amides is 1. The number of nitrogens with one attached hydrogen (secondary N) is 1. The third-order valence-corrected chi connectivity index (χ3v) is 3.28. The minimum atomic E-state index is 0.0469. The Bertz CT molecular complexity index is 495. The van der Waals surface area contributed by atoms with Crippen LogP contribution in [0.5, 0.6) is 0 Å². The van der Waals surface area contributed by atoms with Crippen molar-refractivity contribution < 1.29 is 4.79 Å². The molecule has 0 spiro atoms. The van der Waals surface area contributed by atoms with Crippen molar-refractivity contribution in [3.63, 3.8) is 0 Å². The van der Waals surface area contributed by atoms with Crippen LogP contribution in [-0.2, 0) is 11.2 Å². The molecule has 0 bridgehead atoms. The van der Waals surface area contributed by atoms with Gasteiger partial charge in [0.15, 0.2) is 0 Å². The van der Waals surface area contributed by atoms with Crippen molar-refractivity contribution >= 4 is 17.2 Å². The number of aryl methyl sites for hydroxylation is 1. The number of hydrogen-bond donors (Lipinski definition) is 1. The van der Waals surface area contributed by atoms with Crippen LogP contribution in [0.2, 0.25) is 0 Å². The molecule has 0 saturated heterocycles. The van der Waals surface area contributed by atoms with Crippen LogP contribution in [0.3, 0.4) is 0 Å². The Labute approximate surface area is 104 Å². The van der Waals surface area contributed by atoms with E-state index in [9.17, 15) is 4.79 Å². The number of nitrogens with zero attached hydrogens (tertiary/aromatic N) is 2. The molecule has 2 aromatic heterocycles. The Balaban J connectivity index is 2.04. The zero-order valence-corrected chi connectivity index (χ0v) is 10.3. The molecule has 1 amide bonds. The quantitative estimate of drug-likeness (QED) is 0.897. The van der Waals surface area contributed by atoms with E-state index in [1.807, 2.05) is 17.5 Å². The molecule has 4 nitrogen and oxygen atoms in total. The lowest BCUT2D eigenvalue weighted by molar-refractivity contribution is -0.120. The number of thiazole rings is 1. The maximum Gasteiger partial charge on any atom is 0.220 e. The summed E-state index contributed by atoms with van der Waals surface area (Å²) in [6.45, 7) is 0. The van der Waals surface area contributed by atoms with Gasteiger partial charge in [-0.1, -0.05) is 0 Å². The molecule has 2 heterocycles. The van der Waals surface area contributed by atoms with E-state index in [-0.39, 0.29) is 5.91 Å². The van der Waals surface area contributed by atoms with Gasteiger partial charge in [0.25, 0.3) is 0 Å². The van der Waals surface area contributed by atoms with Crippen LogP contribution in [-0.4, -0.2) is 22.9 Å². The van der Waals surface area contributed by atoms with Crippen LogP contribution in [0.4, 0.5) is 0 Å². The van der Waals surface area contributed by atoms with Gasteiger partial charge in [0.2, 0.25) is 5.91 Å². The molecule has 0 aliphatic rings. The molecule has 0 saturated carbocycles. The van der Waals surface area contributed by atoms with E-state index >= 15 is 0 Å². The van der Waals surface area contributed by atoms with Crippen LogP contribution in [0.1, 0.15) is 11.4 Å². The van der Waals surface area contributed by atoms with Crippen LogP contribution < -0.4 is 5.32 Å². The smallest absolute Gasteiger partial charge is 0.220 e. The molecule has 88 valence electrons. The molecule has 0 atom stereocenters. The third kappa shape index (κ3) is 3.10. The van der Waals surface area contributed by atoms with Gasteiger partial charge < -0.3 is 5.32 Å². The molecule has 0 aromatic carbocycles. The third-order valence-electron chi connectivity index (χ3n) is 2.37. The number of rotatable bonds is 4. The Morgan fingerprint density at radius 2 is 2.18 bits per heavy atom. The van der Waals surface area contributed by atoms with Gasteiger partial charge in [0.05, 0.1) is 10.7 Å². The van der Waals surface area contributed by atoms with Gasteiger partial charge in [-0.3, -0.25) is 9.78 Å². The fourth-order valence-electron chi connectivity index (χ4n) is 1.43. The largest absolute Gasteiger partial charge is 0.359 e. The number of aromatic nitrogens is 2. The molecule has 17 heavy (non-hydrogen) atoms. The maximum absolute atomic E-state index is 11.1. The predicted octanol–water partition coefficient (Wildman–Crippen LogP) is 1.88. The van der Waals surface area contributed by atoms with Crippen molar-refractivity contribution in [2.24, 2.45) is 0 Å². The molecule has 1 N–H and O–H groups in total. The van der Waals surface area contributed by atoms with E-state index in [1.54, 1.807) is 30.8 Å². The standard InChI is InChI=1S/C12H13N3OS/c1-13-11(16)2-3-12-15-10(8-17-12)9-4-6-14-7-5-9/h4-8H,2-3H2,1H3,(H,13,16). The van der Waals surface area contributed by atoms with Gasteiger partial charge in [-0.05, 0) is 12.1 Å². The summed E-state index contributed by atoms with van der Waals surface area (Å²) in [6.07, 6.45) is 4.67. The summed E-state index contributed by atoms with van der Waals surface area (Å²) < 4.78 is 0.